The Kier molecular flexibility index (Phi) is 3.70. The number of nitriles is 1. The van der Waals surface area contributed by atoms with E-state index in [0.717, 1.165) is 13.1 Å². The van der Waals surface area contributed by atoms with Crippen LogP contribution in [-0.4, -0.2) is 37.4 Å². The molecule has 2 rings (SSSR count). The first-order valence-corrected chi connectivity index (χ1v) is 5.20. The number of nitrogens with one attached hydrogen (secondary N) is 1. The van der Waals surface area contributed by atoms with E-state index in [4.69, 9.17) is 14.7 Å². The Morgan fingerprint density at radius 2 is 2.62 bits per heavy atom. The van der Waals surface area contributed by atoms with Crippen molar-refractivity contribution in [1.82, 2.24) is 10.3 Å². The summed E-state index contributed by atoms with van der Waals surface area (Å²) >= 11 is 0. The zero-order valence-electron chi connectivity index (χ0n) is 8.85. The van der Waals surface area contributed by atoms with Gasteiger partial charge in [-0.1, -0.05) is 0 Å². The third-order valence-corrected chi connectivity index (χ3v) is 2.29. The molecule has 1 aromatic heterocycles. The summed E-state index contributed by atoms with van der Waals surface area (Å²) in [5, 5.41) is 11.9. The predicted molar refractivity (Wildman–Crippen MR) is 57.1 cm³/mol. The lowest BCUT2D eigenvalue weighted by atomic mass is 10.3. The molecule has 16 heavy (non-hydrogen) atoms. The van der Waals surface area contributed by atoms with Crippen LogP contribution in [-0.2, 0) is 4.74 Å². The lowest BCUT2D eigenvalue weighted by Gasteiger charge is -2.23. The van der Waals surface area contributed by atoms with Crippen molar-refractivity contribution >= 4 is 0 Å². The SMILES string of the molecule is N#Cc1ccnc(OCC2CNCCO2)c1. The monoisotopic (exact) mass is 219 g/mol. The summed E-state index contributed by atoms with van der Waals surface area (Å²) in [5.41, 5.74) is 0.549. The summed E-state index contributed by atoms with van der Waals surface area (Å²) in [5.74, 6) is 0.466. The molecule has 0 aliphatic carbocycles. The van der Waals surface area contributed by atoms with Gasteiger partial charge < -0.3 is 14.8 Å². The first-order valence-electron chi connectivity index (χ1n) is 5.20. The lowest BCUT2D eigenvalue weighted by molar-refractivity contribution is -0.000744. The molecule has 5 nitrogen and oxygen atoms in total. The minimum Gasteiger partial charge on any atom is -0.475 e. The van der Waals surface area contributed by atoms with Crippen LogP contribution in [0.15, 0.2) is 18.3 Å². The zero-order valence-corrected chi connectivity index (χ0v) is 8.85. The van der Waals surface area contributed by atoms with E-state index in [2.05, 4.69) is 10.3 Å². The molecule has 0 radical (unpaired) electrons. The van der Waals surface area contributed by atoms with E-state index in [9.17, 15) is 0 Å². The summed E-state index contributed by atoms with van der Waals surface area (Å²) in [6, 6.07) is 5.31. The summed E-state index contributed by atoms with van der Waals surface area (Å²) in [6.45, 7) is 2.84. The fourth-order valence-electron chi connectivity index (χ4n) is 1.46. The van der Waals surface area contributed by atoms with Gasteiger partial charge in [0.25, 0.3) is 0 Å². The minimum absolute atomic E-state index is 0.0568. The molecular weight excluding hydrogens is 206 g/mol. The fourth-order valence-corrected chi connectivity index (χ4v) is 1.46. The third kappa shape index (κ3) is 2.92. The number of aromatic nitrogens is 1. The van der Waals surface area contributed by atoms with Gasteiger partial charge in [-0.25, -0.2) is 4.98 Å². The van der Waals surface area contributed by atoms with Gasteiger partial charge in [0, 0.05) is 25.4 Å². The van der Waals surface area contributed by atoms with Crippen LogP contribution in [0.2, 0.25) is 0 Å². The van der Waals surface area contributed by atoms with Gasteiger partial charge in [0.15, 0.2) is 0 Å². The van der Waals surface area contributed by atoms with Crippen molar-refractivity contribution in [3.05, 3.63) is 23.9 Å². The molecule has 0 spiro atoms. The Bertz CT molecular complexity index is 383. The number of nitrogens with zero attached hydrogens (tertiary/aromatic N) is 2. The molecule has 1 fully saturated rings. The van der Waals surface area contributed by atoms with Crippen LogP contribution in [0.1, 0.15) is 5.56 Å². The number of morpholine rings is 1. The van der Waals surface area contributed by atoms with Gasteiger partial charge in [-0.05, 0) is 6.07 Å². The highest BCUT2D eigenvalue weighted by Crippen LogP contribution is 2.09. The van der Waals surface area contributed by atoms with Crippen molar-refractivity contribution in [3.63, 3.8) is 0 Å². The van der Waals surface area contributed by atoms with Gasteiger partial charge in [-0.3, -0.25) is 0 Å². The molecule has 1 N–H and O–H groups in total. The summed E-state index contributed by atoms with van der Waals surface area (Å²) in [4.78, 5) is 4.02. The predicted octanol–water partition coefficient (Wildman–Crippen LogP) is 0.320. The maximum absolute atomic E-state index is 8.71. The van der Waals surface area contributed by atoms with Crippen LogP contribution in [0.4, 0.5) is 0 Å². The summed E-state index contributed by atoms with van der Waals surface area (Å²) in [6.07, 6.45) is 1.62. The molecule has 0 saturated carbocycles. The van der Waals surface area contributed by atoms with Gasteiger partial charge in [0.1, 0.15) is 12.7 Å². The Hall–Kier alpha value is -1.64. The van der Waals surface area contributed by atoms with Crippen molar-refractivity contribution < 1.29 is 9.47 Å². The first-order chi connectivity index (χ1) is 7.88. The summed E-state index contributed by atoms with van der Waals surface area (Å²) in [7, 11) is 0. The molecule has 1 aliphatic rings. The molecule has 84 valence electrons. The topological polar surface area (TPSA) is 67.2 Å². The van der Waals surface area contributed by atoms with Crippen molar-refractivity contribution in [2.75, 3.05) is 26.3 Å². The second-order valence-corrected chi connectivity index (χ2v) is 3.50. The highest BCUT2D eigenvalue weighted by molar-refractivity contribution is 5.31. The largest absolute Gasteiger partial charge is 0.475 e. The summed E-state index contributed by atoms with van der Waals surface area (Å²) < 4.78 is 10.9. The first kappa shape index (κ1) is 10.9. The number of pyridine rings is 1. The molecule has 5 heteroatoms. The Labute approximate surface area is 94.0 Å². The van der Waals surface area contributed by atoms with Gasteiger partial charge in [0.05, 0.1) is 18.2 Å². The van der Waals surface area contributed by atoms with Crippen LogP contribution in [0.3, 0.4) is 0 Å². The van der Waals surface area contributed by atoms with E-state index in [1.54, 1.807) is 18.3 Å². The highest BCUT2D eigenvalue weighted by Gasteiger charge is 2.14. The van der Waals surface area contributed by atoms with Crippen molar-refractivity contribution in [1.29, 1.82) is 5.26 Å². The van der Waals surface area contributed by atoms with Gasteiger partial charge in [-0.15, -0.1) is 0 Å². The van der Waals surface area contributed by atoms with E-state index >= 15 is 0 Å². The smallest absolute Gasteiger partial charge is 0.214 e. The normalized spacial score (nSPS) is 20.1. The average Bonchev–Trinajstić information content (AvgIpc) is 2.38. The molecular formula is C11H13N3O2. The van der Waals surface area contributed by atoms with Crippen LogP contribution >= 0.6 is 0 Å². The third-order valence-electron chi connectivity index (χ3n) is 2.29. The molecule has 1 atom stereocenters. The van der Waals surface area contributed by atoms with Gasteiger partial charge in [-0.2, -0.15) is 5.26 Å². The molecule has 1 unspecified atom stereocenters. The highest BCUT2D eigenvalue weighted by atomic mass is 16.5. The standard InChI is InChI=1S/C11H13N3O2/c12-6-9-1-2-14-11(5-9)16-8-10-7-13-3-4-15-10/h1-2,5,10,13H,3-4,7-8H2. The average molecular weight is 219 g/mol. The van der Waals surface area contributed by atoms with Crippen LogP contribution < -0.4 is 10.1 Å². The Morgan fingerprint density at radius 3 is 3.38 bits per heavy atom. The van der Waals surface area contributed by atoms with E-state index in [1.165, 1.54) is 0 Å². The molecule has 1 aliphatic heterocycles. The number of rotatable bonds is 3. The van der Waals surface area contributed by atoms with Crippen molar-refractivity contribution in [3.8, 4) is 11.9 Å². The molecule has 1 saturated heterocycles. The van der Waals surface area contributed by atoms with Gasteiger partial charge in [0.2, 0.25) is 5.88 Å². The molecule has 0 bridgehead atoms. The van der Waals surface area contributed by atoms with Crippen molar-refractivity contribution in [2.45, 2.75) is 6.10 Å². The maximum atomic E-state index is 8.71. The maximum Gasteiger partial charge on any atom is 0.214 e. The minimum atomic E-state index is 0.0568. The fraction of sp³-hybridized carbons (Fsp3) is 0.455. The number of hydrogen-bond acceptors (Lipinski definition) is 5. The quantitative estimate of drug-likeness (QED) is 0.793. The van der Waals surface area contributed by atoms with E-state index < -0.39 is 0 Å². The Balaban J connectivity index is 1.86. The van der Waals surface area contributed by atoms with E-state index in [0.29, 0.717) is 24.7 Å². The van der Waals surface area contributed by atoms with E-state index in [-0.39, 0.29) is 6.10 Å². The molecule has 2 heterocycles. The zero-order chi connectivity index (χ0) is 11.2. The Morgan fingerprint density at radius 1 is 1.69 bits per heavy atom. The van der Waals surface area contributed by atoms with Crippen LogP contribution in [0.5, 0.6) is 5.88 Å². The van der Waals surface area contributed by atoms with E-state index in [1.807, 2.05) is 6.07 Å². The second-order valence-electron chi connectivity index (χ2n) is 3.50. The molecule has 1 aromatic rings. The number of hydrogen-bond donors (Lipinski definition) is 1. The van der Waals surface area contributed by atoms with Crippen molar-refractivity contribution in [2.24, 2.45) is 0 Å². The van der Waals surface area contributed by atoms with Crippen LogP contribution in [0.25, 0.3) is 0 Å². The lowest BCUT2D eigenvalue weighted by Crippen LogP contribution is -2.41. The molecule has 0 aromatic carbocycles. The van der Waals surface area contributed by atoms with Crippen LogP contribution in [0, 0.1) is 11.3 Å². The number of ether oxygens (including phenoxy) is 2. The van der Waals surface area contributed by atoms with Gasteiger partial charge >= 0.3 is 0 Å². The molecule has 0 amide bonds. The second kappa shape index (κ2) is 5.45.